The van der Waals surface area contributed by atoms with Crippen LogP contribution in [0.5, 0.6) is 0 Å². The molecule has 2 aromatic carbocycles. The lowest BCUT2D eigenvalue weighted by Gasteiger charge is -2.17. The Morgan fingerprint density at radius 2 is 1.88 bits per heavy atom. The predicted molar refractivity (Wildman–Crippen MR) is 136 cm³/mol. The minimum absolute atomic E-state index is 0.108. The van der Waals surface area contributed by atoms with Crippen LogP contribution in [-0.4, -0.2) is 13.9 Å². The van der Waals surface area contributed by atoms with Crippen LogP contribution < -0.4 is 10.4 Å². The van der Waals surface area contributed by atoms with Crippen molar-refractivity contribution in [1.29, 1.82) is 0 Å². The minimum atomic E-state index is -0.108. The molecule has 4 aromatic rings. The summed E-state index contributed by atoms with van der Waals surface area (Å²) in [4.78, 5) is 19.2. The lowest BCUT2D eigenvalue weighted by atomic mass is 10.1. The van der Waals surface area contributed by atoms with Crippen LogP contribution in [-0.2, 0) is 7.05 Å². The van der Waals surface area contributed by atoms with E-state index in [9.17, 15) is 4.79 Å². The summed E-state index contributed by atoms with van der Waals surface area (Å²) in [6.45, 7) is 6.36. The molecule has 7 heteroatoms. The van der Waals surface area contributed by atoms with Crippen LogP contribution >= 0.6 is 27.3 Å². The quantitative estimate of drug-likeness (QED) is 0.297. The summed E-state index contributed by atoms with van der Waals surface area (Å²) in [5, 5.41) is 2.14. The molecule has 0 fully saturated rings. The van der Waals surface area contributed by atoms with Crippen LogP contribution in [0.2, 0.25) is 0 Å². The van der Waals surface area contributed by atoms with Crippen molar-refractivity contribution < 1.29 is 0 Å². The molecule has 32 heavy (non-hydrogen) atoms. The smallest absolute Gasteiger partial charge is 0.297 e. The number of nitrogens with zero attached hydrogens (tertiary/aromatic N) is 4. The van der Waals surface area contributed by atoms with E-state index in [0.717, 1.165) is 44.8 Å². The maximum Gasteiger partial charge on any atom is 0.297 e. The fraction of sp³-hybridized carbons (Fsp3) is 0.280. The molecule has 1 atom stereocenters. The van der Waals surface area contributed by atoms with Crippen LogP contribution in [0.1, 0.15) is 38.4 Å². The van der Waals surface area contributed by atoms with Gasteiger partial charge in [-0.25, -0.2) is 9.67 Å². The molecule has 0 saturated heterocycles. The third kappa shape index (κ3) is 4.19. The van der Waals surface area contributed by atoms with Crippen LogP contribution in [0.4, 0.5) is 5.69 Å². The van der Waals surface area contributed by atoms with Gasteiger partial charge < -0.3 is 4.57 Å². The number of benzene rings is 2. The molecule has 0 bridgehead atoms. The van der Waals surface area contributed by atoms with Gasteiger partial charge in [-0.15, -0.1) is 11.3 Å². The summed E-state index contributed by atoms with van der Waals surface area (Å²) in [6, 6.07) is 18.3. The molecule has 0 spiro atoms. The van der Waals surface area contributed by atoms with E-state index >= 15 is 0 Å². The number of hydrogen-bond acceptors (Lipinski definition) is 3. The topological polar surface area (TPSA) is 44.2 Å². The van der Waals surface area contributed by atoms with Gasteiger partial charge in [0.1, 0.15) is 0 Å². The summed E-state index contributed by atoms with van der Waals surface area (Å²) < 4.78 is 6.86. The monoisotopic (exact) mass is 510 g/mol. The first-order chi connectivity index (χ1) is 15.4. The molecule has 1 unspecified atom stereocenters. The van der Waals surface area contributed by atoms with Gasteiger partial charge in [-0.1, -0.05) is 59.6 Å². The van der Waals surface area contributed by atoms with E-state index < -0.39 is 0 Å². The maximum absolute atomic E-state index is 13.4. The Labute approximate surface area is 200 Å². The number of aromatic nitrogens is 3. The Kier molecular flexibility index (Phi) is 6.67. The minimum Gasteiger partial charge on any atom is -0.314 e. The molecule has 0 saturated carbocycles. The second-order valence-corrected chi connectivity index (χ2v) is 9.70. The summed E-state index contributed by atoms with van der Waals surface area (Å²) >= 11 is 5.17. The van der Waals surface area contributed by atoms with Gasteiger partial charge >= 0.3 is 0 Å². The van der Waals surface area contributed by atoms with Crippen LogP contribution in [0.25, 0.3) is 16.9 Å². The standard InChI is InChI=1S/C25H27BrN4OS/c1-5-10-17(2)29-22(19-11-9-12-20(26)15-19)16-32-25(29)27-23-18(3)28(4)30(24(23)31)21-13-7-6-8-14-21/h6-9,11-17H,5,10H2,1-4H3. The molecule has 5 nitrogen and oxygen atoms in total. The number of para-hydroxylation sites is 1. The fourth-order valence-corrected chi connectivity index (χ4v) is 5.41. The van der Waals surface area contributed by atoms with Gasteiger partial charge in [0.05, 0.1) is 17.1 Å². The van der Waals surface area contributed by atoms with E-state index in [1.165, 1.54) is 0 Å². The summed E-state index contributed by atoms with van der Waals surface area (Å²) in [7, 11) is 1.90. The summed E-state index contributed by atoms with van der Waals surface area (Å²) in [5.41, 5.74) is 4.29. The average molecular weight is 511 g/mol. The van der Waals surface area contributed by atoms with Crippen LogP contribution in [0.15, 0.2) is 74.2 Å². The Hall–Kier alpha value is -2.64. The van der Waals surface area contributed by atoms with Crippen LogP contribution in [0, 0.1) is 6.92 Å². The van der Waals surface area contributed by atoms with Crippen molar-refractivity contribution >= 4 is 33.0 Å². The summed E-state index contributed by atoms with van der Waals surface area (Å²) in [6.07, 6.45) is 2.11. The molecule has 2 aromatic heterocycles. The molecule has 0 aliphatic rings. The molecule has 0 aliphatic carbocycles. The molecule has 0 radical (unpaired) electrons. The first-order valence-corrected chi connectivity index (χ1v) is 12.4. The van der Waals surface area contributed by atoms with Gasteiger partial charge in [0, 0.05) is 28.5 Å². The second kappa shape index (κ2) is 9.46. The van der Waals surface area contributed by atoms with Crippen molar-refractivity contribution in [2.24, 2.45) is 12.0 Å². The fourth-order valence-electron chi connectivity index (χ4n) is 4.01. The third-order valence-corrected chi connectivity index (χ3v) is 7.07. The lowest BCUT2D eigenvalue weighted by Crippen LogP contribution is -2.21. The molecule has 0 N–H and O–H groups in total. The van der Waals surface area contributed by atoms with E-state index in [-0.39, 0.29) is 11.6 Å². The van der Waals surface area contributed by atoms with Crippen molar-refractivity contribution in [2.45, 2.75) is 39.7 Å². The van der Waals surface area contributed by atoms with Gasteiger partial charge in [0.15, 0.2) is 10.5 Å². The van der Waals surface area contributed by atoms with Crippen LogP contribution in [0.3, 0.4) is 0 Å². The van der Waals surface area contributed by atoms with E-state index in [1.807, 2.05) is 61.1 Å². The van der Waals surface area contributed by atoms with E-state index in [0.29, 0.717) is 5.69 Å². The van der Waals surface area contributed by atoms with Crippen molar-refractivity contribution in [2.75, 3.05) is 0 Å². The highest BCUT2D eigenvalue weighted by atomic mass is 79.9. The molecule has 4 rings (SSSR count). The molecular weight excluding hydrogens is 484 g/mol. The van der Waals surface area contributed by atoms with E-state index in [1.54, 1.807) is 16.0 Å². The lowest BCUT2D eigenvalue weighted by molar-refractivity contribution is 0.495. The normalized spacial score (nSPS) is 13.0. The van der Waals surface area contributed by atoms with Gasteiger partial charge in [0.2, 0.25) is 0 Å². The summed E-state index contributed by atoms with van der Waals surface area (Å²) in [5.74, 6) is 0. The zero-order valence-electron chi connectivity index (χ0n) is 18.7. The highest BCUT2D eigenvalue weighted by molar-refractivity contribution is 9.10. The van der Waals surface area contributed by atoms with Gasteiger partial charge in [-0.3, -0.25) is 9.48 Å². The number of thiazole rings is 1. The SMILES string of the molecule is CCCC(C)n1c(-c2cccc(Br)c2)csc1=Nc1c(C)n(C)n(-c2ccccc2)c1=O. The number of hydrogen-bond donors (Lipinski definition) is 0. The highest BCUT2D eigenvalue weighted by Gasteiger charge is 2.18. The zero-order chi connectivity index (χ0) is 22.8. The second-order valence-electron chi connectivity index (χ2n) is 7.94. The molecule has 166 valence electrons. The zero-order valence-corrected chi connectivity index (χ0v) is 21.2. The van der Waals surface area contributed by atoms with Gasteiger partial charge in [-0.05, 0) is 44.5 Å². The Morgan fingerprint density at radius 3 is 2.56 bits per heavy atom. The molecular formula is C25H27BrN4OS. The average Bonchev–Trinajstić information content (AvgIpc) is 3.29. The molecule has 0 amide bonds. The van der Waals surface area contributed by atoms with Crippen molar-refractivity contribution in [1.82, 2.24) is 13.9 Å². The Balaban J connectivity index is 1.93. The van der Waals surface area contributed by atoms with E-state index in [4.69, 9.17) is 4.99 Å². The van der Waals surface area contributed by atoms with Gasteiger partial charge in [-0.2, -0.15) is 0 Å². The molecule has 0 aliphatic heterocycles. The number of rotatable bonds is 6. The molecule has 2 heterocycles. The maximum atomic E-state index is 13.4. The van der Waals surface area contributed by atoms with E-state index in [2.05, 4.69) is 51.9 Å². The van der Waals surface area contributed by atoms with Gasteiger partial charge in [0.25, 0.3) is 5.56 Å². The third-order valence-electron chi connectivity index (χ3n) is 5.74. The Bertz CT molecular complexity index is 1360. The highest BCUT2D eigenvalue weighted by Crippen LogP contribution is 2.28. The van der Waals surface area contributed by atoms with Crippen molar-refractivity contribution in [3.63, 3.8) is 0 Å². The largest absolute Gasteiger partial charge is 0.314 e. The Morgan fingerprint density at radius 1 is 1.12 bits per heavy atom. The first-order valence-electron chi connectivity index (χ1n) is 10.8. The first kappa shape index (κ1) is 22.6. The predicted octanol–water partition coefficient (Wildman–Crippen LogP) is 6.37. The van der Waals surface area contributed by atoms with Crippen molar-refractivity contribution in [3.8, 4) is 16.9 Å². The number of halogens is 1. The van der Waals surface area contributed by atoms with Crippen molar-refractivity contribution in [3.05, 3.63) is 85.3 Å².